The molecule has 0 aliphatic carbocycles. The zero-order chi connectivity index (χ0) is 10.3. The summed E-state index contributed by atoms with van der Waals surface area (Å²) in [6, 6.07) is 0. The third-order valence-corrected chi connectivity index (χ3v) is 1.99. The Morgan fingerprint density at radius 1 is 1.54 bits per heavy atom. The van der Waals surface area contributed by atoms with E-state index in [1.54, 1.807) is 6.92 Å². The third kappa shape index (κ3) is 9.73. The number of hydrogen-bond acceptors (Lipinski definition) is 3. The summed E-state index contributed by atoms with van der Waals surface area (Å²) < 4.78 is 0. The summed E-state index contributed by atoms with van der Waals surface area (Å²) in [4.78, 5) is 2.71. The van der Waals surface area contributed by atoms with Crippen LogP contribution in [0.25, 0.3) is 0 Å². The van der Waals surface area contributed by atoms with Crippen LogP contribution in [0.4, 0.5) is 0 Å². The van der Waals surface area contributed by atoms with E-state index >= 15 is 0 Å². The number of rotatable bonds is 7. The summed E-state index contributed by atoms with van der Waals surface area (Å²) in [7, 11) is 2.01. The highest BCUT2D eigenvalue weighted by Crippen LogP contribution is 1.98. The SMILES string of the molecule is CC(O)CN(C)CCCCC(N)=S. The van der Waals surface area contributed by atoms with Gasteiger partial charge in [0.25, 0.3) is 0 Å². The van der Waals surface area contributed by atoms with Crippen LogP contribution < -0.4 is 5.73 Å². The van der Waals surface area contributed by atoms with Gasteiger partial charge >= 0.3 is 0 Å². The number of likely N-dealkylation sites (N-methyl/N-ethyl adjacent to an activating group) is 1. The first-order valence-electron chi connectivity index (χ1n) is 4.67. The van der Waals surface area contributed by atoms with E-state index < -0.39 is 0 Å². The molecule has 0 aromatic carbocycles. The number of unbranched alkanes of at least 4 members (excludes halogenated alkanes) is 1. The molecule has 0 saturated heterocycles. The van der Waals surface area contributed by atoms with E-state index in [0.29, 0.717) is 4.99 Å². The van der Waals surface area contributed by atoms with Crippen molar-refractivity contribution in [1.82, 2.24) is 4.90 Å². The van der Waals surface area contributed by atoms with Gasteiger partial charge in [0.1, 0.15) is 0 Å². The third-order valence-electron chi connectivity index (χ3n) is 1.79. The van der Waals surface area contributed by atoms with E-state index in [1.807, 2.05) is 7.05 Å². The standard InChI is InChI=1S/C9H20N2OS/c1-8(12)7-11(2)6-4-3-5-9(10)13/h8,12H,3-7H2,1-2H3,(H2,10,13). The van der Waals surface area contributed by atoms with Crippen molar-refractivity contribution < 1.29 is 5.11 Å². The first kappa shape index (κ1) is 12.8. The molecule has 0 heterocycles. The molecule has 3 N–H and O–H groups in total. The van der Waals surface area contributed by atoms with E-state index in [4.69, 9.17) is 23.1 Å². The lowest BCUT2D eigenvalue weighted by Gasteiger charge is -2.17. The zero-order valence-electron chi connectivity index (χ0n) is 8.49. The molecular formula is C9H20N2OS. The van der Waals surface area contributed by atoms with Crippen LogP contribution in [0.1, 0.15) is 26.2 Å². The number of nitrogens with zero attached hydrogens (tertiary/aromatic N) is 1. The molecule has 0 saturated carbocycles. The molecule has 78 valence electrons. The topological polar surface area (TPSA) is 49.5 Å². The average molecular weight is 204 g/mol. The van der Waals surface area contributed by atoms with Gasteiger partial charge in [0.2, 0.25) is 0 Å². The second kappa shape index (κ2) is 7.24. The Morgan fingerprint density at radius 3 is 2.62 bits per heavy atom. The predicted octanol–water partition coefficient (Wildman–Crippen LogP) is 0.755. The number of thiocarbonyl (C=S) groups is 1. The van der Waals surface area contributed by atoms with Crippen molar-refractivity contribution in [2.75, 3.05) is 20.1 Å². The largest absolute Gasteiger partial charge is 0.393 e. The van der Waals surface area contributed by atoms with Gasteiger partial charge in [-0.05, 0) is 39.8 Å². The lowest BCUT2D eigenvalue weighted by atomic mass is 10.2. The molecule has 0 aliphatic heterocycles. The Balaban J connectivity index is 3.26. The molecular weight excluding hydrogens is 184 g/mol. The Bertz CT molecular complexity index is 151. The highest BCUT2D eigenvalue weighted by molar-refractivity contribution is 7.80. The monoisotopic (exact) mass is 204 g/mol. The number of aliphatic hydroxyl groups excluding tert-OH is 1. The summed E-state index contributed by atoms with van der Waals surface area (Å²) in [5, 5.41) is 9.09. The molecule has 0 radical (unpaired) electrons. The van der Waals surface area contributed by atoms with E-state index in [1.165, 1.54) is 0 Å². The summed E-state index contributed by atoms with van der Waals surface area (Å²) in [5.74, 6) is 0. The minimum Gasteiger partial charge on any atom is -0.393 e. The first-order chi connectivity index (χ1) is 6.02. The van der Waals surface area contributed by atoms with Gasteiger partial charge in [0.05, 0.1) is 11.1 Å². The van der Waals surface area contributed by atoms with E-state index in [-0.39, 0.29) is 6.10 Å². The van der Waals surface area contributed by atoms with Crippen LogP contribution in [0, 0.1) is 0 Å². The fourth-order valence-electron chi connectivity index (χ4n) is 1.22. The average Bonchev–Trinajstić information content (AvgIpc) is 1.96. The van der Waals surface area contributed by atoms with Gasteiger partial charge in [-0.25, -0.2) is 0 Å². The summed E-state index contributed by atoms with van der Waals surface area (Å²) in [5.41, 5.74) is 5.37. The maximum atomic E-state index is 9.09. The van der Waals surface area contributed by atoms with Gasteiger partial charge in [-0.15, -0.1) is 0 Å². The molecule has 1 unspecified atom stereocenters. The van der Waals surface area contributed by atoms with Crippen molar-refractivity contribution >= 4 is 17.2 Å². The minimum absolute atomic E-state index is 0.249. The maximum absolute atomic E-state index is 9.09. The van der Waals surface area contributed by atoms with E-state index in [9.17, 15) is 0 Å². The lowest BCUT2D eigenvalue weighted by molar-refractivity contribution is 0.140. The van der Waals surface area contributed by atoms with Crippen molar-refractivity contribution in [3.8, 4) is 0 Å². The van der Waals surface area contributed by atoms with Crippen LogP contribution in [-0.4, -0.2) is 41.2 Å². The number of aliphatic hydroxyl groups is 1. The fourth-order valence-corrected chi connectivity index (χ4v) is 1.37. The van der Waals surface area contributed by atoms with Gasteiger partial charge in [-0.3, -0.25) is 0 Å². The quantitative estimate of drug-likeness (QED) is 0.475. The van der Waals surface area contributed by atoms with Crippen LogP contribution in [0.15, 0.2) is 0 Å². The van der Waals surface area contributed by atoms with Gasteiger partial charge in [0, 0.05) is 6.54 Å². The van der Waals surface area contributed by atoms with Crippen LogP contribution in [0.3, 0.4) is 0 Å². The van der Waals surface area contributed by atoms with Crippen LogP contribution in [-0.2, 0) is 0 Å². The van der Waals surface area contributed by atoms with Gasteiger partial charge in [-0.2, -0.15) is 0 Å². The van der Waals surface area contributed by atoms with Crippen LogP contribution in [0.2, 0.25) is 0 Å². The van der Waals surface area contributed by atoms with Gasteiger partial charge in [-0.1, -0.05) is 12.2 Å². The van der Waals surface area contributed by atoms with Crippen molar-refractivity contribution in [3.05, 3.63) is 0 Å². The highest BCUT2D eigenvalue weighted by atomic mass is 32.1. The first-order valence-corrected chi connectivity index (χ1v) is 5.08. The molecule has 0 aliphatic rings. The molecule has 4 heteroatoms. The zero-order valence-corrected chi connectivity index (χ0v) is 9.31. The molecule has 1 atom stereocenters. The summed E-state index contributed by atoms with van der Waals surface area (Å²) in [6.45, 7) is 3.52. The molecule has 0 amide bonds. The van der Waals surface area contributed by atoms with Crippen LogP contribution >= 0.6 is 12.2 Å². The van der Waals surface area contributed by atoms with Crippen molar-refractivity contribution in [3.63, 3.8) is 0 Å². The maximum Gasteiger partial charge on any atom is 0.0727 e. The minimum atomic E-state index is -0.249. The number of nitrogens with two attached hydrogens (primary N) is 1. The fraction of sp³-hybridized carbons (Fsp3) is 0.889. The normalized spacial score (nSPS) is 13.2. The highest BCUT2D eigenvalue weighted by Gasteiger charge is 2.01. The van der Waals surface area contributed by atoms with Crippen molar-refractivity contribution in [2.24, 2.45) is 5.73 Å². The molecule has 0 rings (SSSR count). The molecule has 0 spiro atoms. The van der Waals surface area contributed by atoms with Gasteiger partial charge in [0.15, 0.2) is 0 Å². The summed E-state index contributed by atoms with van der Waals surface area (Å²) in [6.07, 6.45) is 2.71. The van der Waals surface area contributed by atoms with Crippen LogP contribution in [0.5, 0.6) is 0 Å². The second-order valence-corrected chi connectivity index (χ2v) is 4.06. The van der Waals surface area contributed by atoms with E-state index in [2.05, 4.69) is 4.90 Å². The Hall–Kier alpha value is -0.190. The lowest BCUT2D eigenvalue weighted by Crippen LogP contribution is -2.28. The molecule has 0 aromatic rings. The second-order valence-electron chi connectivity index (χ2n) is 3.53. The van der Waals surface area contributed by atoms with Crippen molar-refractivity contribution in [2.45, 2.75) is 32.3 Å². The molecule has 0 fully saturated rings. The smallest absolute Gasteiger partial charge is 0.0727 e. The number of hydrogen-bond donors (Lipinski definition) is 2. The Labute approximate surface area is 85.9 Å². The molecule has 0 aromatic heterocycles. The molecule has 0 bridgehead atoms. The predicted molar refractivity (Wildman–Crippen MR) is 59.8 cm³/mol. The molecule has 13 heavy (non-hydrogen) atoms. The van der Waals surface area contributed by atoms with E-state index in [0.717, 1.165) is 32.4 Å². The van der Waals surface area contributed by atoms with Crippen molar-refractivity contribution in [1.29, 1.82) is 0 Å². The molecule has 3 nitrogen and oxygen atoms in total. The summed E-state index contributed by atoms with van der Waals surface area (Å²) >= 11 is 4.77. The van der Waals surface area contributed by atoms with Gasteiger partial charge < -0.3 is 15.7 Å². The Kier molecular flexibility index (Phi) is 7.13. The Morgan fingerprint density at radius 2 is 2.15 bits per heavy atom.